The van der Waals surface area contributed by atoms with Crippen LogP contribution in [0.2, 0.25) is 0 Å². The number of fused-ring (bicyclic) bond motifs is 4. The van der Waals surface area contributed by atoms with Crippen molar-refractivity contribution in [2.24, 2.45) is 0 Å². The molecule has 0 unspecified atom stereocenters. The molecule has 2 amide bonds. The summed E-state index contributed by atoms with van der Waals surface area (Å²) in [5.41, 5.74) is 3.05. The molecule has 5 heteroatoms. The number of carbonyl (C=O) groups excluding carboxylic acids is 2. The SMILES string of the molecule is O=C1c2ccccc2C(=O)N1c1cc2c(cc1F)OCc1ccccc1-2. The number of amides is 2. The Hall–Kier alpha value is -3.47. The molecule has 4 nitrogen and oxygen atoms in total. The van der Waals surface area contributed by atoms with Gasteiger partial charge in [0.2, 0.25) is 0 Å². The van der Waals surface area contributed by atoms with E-state index in [9.17, 15) is 14.0 Å². The highest BCUT2D eigenvalue weighted by molar-refractivity contribution is 6.34. The van der Waals surface area contributed by atoms with E-state index in [2.05, 4.69) is 0 Å². The Morgan fingerprint density at radius 3 is 2.12 bits per heavy atom. The molecule has 0 bridgehead atoms. The lowest BCUT2D eigenvalue weighted by molar-refractivity contribution is 0.0925. The van der Waals surface area contributed by atoms with E-state index >= 15 is 0 Å². The Labute approximate surface area is 148 Å². The molecule has 0 N–H and O–H groups in total. The fourth-order valence-corrected chi connectivity index (χ4v) is 3.52. The van der Waals surface area contributed by atoms with E-state index in [4.69, 9.17) is 4.74 Å². The van der Waals surface area contributed by atoms with Crippen LogP contribution in [0.5, 0.6) is 5.75 Å². The molecule has 0 aliphatic carbocycles. The fraction of sp³-hybridized carbons (Fsp3) is 0.0476. The van der Waals surface area contributed by atoms with E-state index in [1.54, 1.807) is 24.3 Å². The highest BCUT2D eigenvalue weighted by atomic mass is 19.1. The minimum Gasteiger partial charge on any atom is -0.488 e. The van der Waals surface area contributed by atoms with Gasteiger partial charge in [0.05, 0.1) is 16.8 Å². The van der Waals surface area contributed by atoms with E-state index < -0.39 is 17.6 Å². The van der Waals surface area contributed by atoms with Crippen LogP contribution in [-0.2, 0) is 6.61 Å². The number of anilines is 1. The second kappa shape index (κ2) is 5.26. The summed E-state index contributed by atoms with van der Waals surface area (Å²) in [6.45, 7) is 0.356. The number of nitrogens with zero attached hydrogens (tertiary/aromatic N) is 1. The smallest absolute Gasteiger partial charge is 0.266 e. The Morgan fingerprint density at radius 1 is 0.808 bits per heavy atom. The fourth-order valence-electron chi connectivity index (χ4n) is 3.52. The number of hydrogen-bond donors (Lipinski definition) is 0. The molecule has 126 valence electrons. The average molecular weight is 345 g/mol. The minimum absolute atomic E-state index is 0.0600. The van der Waals surface area contributed by atoms with E-state index in [1.807, 2.05) is 24.3 Å². The van der Waals surface area contributed by atoms with Crippen molar-refractivity contribution in [3.8, 4) is 16.9 Å². The van der Waals surface area contributed by atoms with Gasteiger partial charge in [0.25, 0.3) is 11.8 Å². The number of benzene rings is 3. The van der Waals surface area contributed by atoms with Gasteiger partial charge in [-0.25, -0.2) is 9.29 Å². The van der Waals surface area contributed by atoms with Gasteiger partial charge in [-0.1, -0.05) is 36.4 Å². The number of carbonyl (C=O) groups is 2. The Morgan fingerprint density at radius 2 is 1.42 bits per heavy atom. The molecule has 26 heavy (non-hydrogen) atoms. The molecule has 0 radical (unpaired) electrons. The van der Waals surface area contributed by atoms with Gasteiger partial charge in [0, 0.05) is 11.6 Å². The van der Waals surface area contributed by atoms with Crippen LogP contribution in [0.4, 0.5) is 10.1 Å². The maximum Gasteiger partial charge on any atom is 0.266 e. The van der Waals surface area contributed by atoms with Crippen molar-refractivity contribution in [3.05, 3.63) is 83.2 Å². The molecule has 0 fully saturated rings. The van der Waals surface area contributed by atoms with E-state index in [1.165, 1.54) is 12.1 Å². The third kappa shape index (κ3) is 1.94. The van der Waals surface area contributed by atoms with Crippen molar-refractivity contribution in [3.63, 3.8) is 0 Å². The summed E-state index contributed by atoms with van der Waals surface area (Å²) >= 11 is 0. The summed E-state index contributed by atoms with van der Waals surface area (Å²) in [4.78, 5) is 26.3. The summed E-state index contributed by atoms with van der Waals surface area (Å²) in [6.07, 6.45) is 0. The van der Waals surface area contributed by atoms with Gasteiger partial charge in [-0.3, -0.25) is 9.59 Å². The molecule has 0 saturated carbocycles. The van der Waals surface area contributed by atoms with E-state index in [-0.39, 0.29) is 16.8 Å². The minimum atomic E-state index is -0.669. The Kier molecular flexibility index (Phi) is 3.00. The van der Waals surface area contributed by atoms with Gasteiger partial charge in [-0.15, -0.1) is 0 Å². The molecule has 0 atom stereocenters. The highest BCUT2D eigenvalue weighted by Crippen LogP contribution is 2.42. The molecular formula is C21H12FNO3. The molecule has 2 aliphatic heterocycles. The van der Waals surface area contributed by atoms with E-state index in [0.717, 1.165) is 16.0 Å². The molecule has 0 spiro atoms. The van der Waals surface area contributed by atoms with Crippen molar-refractivity contribution in [2.45, 2.75) is 6.61 Å². The lowest BCUT2D eigenvalue weighted by Crippen LogP contribution is -2.30. The van der Waals surface area contributed by atoms with Crippen molar-refractivity contribution in [2.75, 3.05) is 4.90 Å². The standard InChI is InChI=1S/C21H12FNO3/c22-17-10-19-16(13-6-2-1-5-12(13)11-26-19)9-18(17)23-20(24)14-7-3-4-8-15(14)21(23)25/h1-10H,11H2. The number of hydrogen-bond acceptors (Lipinski definition) is 3. The number of imide groups is 1. The van der Waals surface area contributed by atoms with Crippen LogP contribution in [0.15, 0.2) is 60.7 Å². The lowest BCUT2D eigenvalue weighted by Gasteiger charge is -2.23. The first-order chi connectivity index (χ1) is 12.6. The van der Waals surface area contributed by atoms with Gasteiger partial charge in [-0.2, -0.15) is 0 Å². The summed E-state index contributed by atoms with van der Waals surface area (Å²) in [5, 5.41) is 0. The Balaban J connectivity index is 1.69. The first-order valence-corrected chi connectivity index (χ1v) is 8.17. The van der Waals surface area contributed by atoms with Crippen LogP contribution in [0.25, 0.3) is 11.1 Å². The zero-order valence-electron chi connectivity index (χ0n) is 13.5. The summed E-state index contributed by atoms with van der Waals surface area (Å²) in [5.74, 6) is -1.30. The molecule has 2 aliphatic rings. The third-order valence-electron chi connectivity index (χ3n) is 4.77. The monoisotopic (exact) mass is 345 g/mol. The van der Waals surface area contributed by atoms with Gasteiger partial charge < -0.3 is 4.74 Å². The second-order valence-corrected chi connectivity index (χ2v) is 6.24. The molecular weight excluding hydrogens is 333 g/mol. The largest absolute Gasteiger partial charge is 0.488 e. The molecule has 0 saturated heterocycles. The van der Waals surface area contributed by atoms with Crippen molar-refractivity contribution in [1.82, 2.24) is 0 Å². The lowest BCUT2D eigenvalue weighted by atomic mass is 9.96. The molecule has 2 heterocycles. The maximum absolute atomic E-state index is 14.7. The average Bonchev–Trinajstić information content (AvgIpc) is 2.92. The summed E-state index contributed by atoms with van der Waals surface area (Å²) < 4.78 is 20.4. The van der Waals surface area contributed by atoms with Crippen molar-refractivity contribution in [1.29, 1.82) is 0 Å². The Bertz CT molecular complexity index is 1070. The molecule has 3 aromatic carbocycles. The van der Waals surface area contributed by atoms with Crippen LogP contribution < -0.4 is 9.64 Å². The first-order valence-electron chi connectivity index (χ1n) is 8.17. The molecule has 5 rings (SSSR count). The molecule has 0 aromatic heterocycles. The maximum atomic E-state index is 14.7. The zero-order chi connectivity index (χ0) is 17.8. The predicted molar refractivity (Wildman–Crippen MR) is 93.8 cm³/mol. The first kappa shape index (κ1) is 14.8. The van der Waals surface area contributed by atoms with Gasteiger partial charge >= 0.3 is 0 Å². The zero-order valence-corrected chi connectivity index (χ0v) is 13.5. The topological polar surface area (TPSA) is 46.6 Å². The van der Waals surface area contributed by atoms with Crippen LogP contribution in [-0.4, -0.2) is 11.8 Å². The van der Waals surface area contributed by atoms with Gasteiger partial charge in [0.15, 0.2) is 5.82 Å². The van der Waals surface area contributed by atoms with Crippen molar-refractivity contribution < 1.29 is 18.7 Å². The summed E-state index contributed by atoms with van der Waals surface area (Å²) in [6, 6.07) is 16.9. The summed E-state index contributed by atoms with van der Waals surface area (Å²) in [7, 11) is 0. The highest BCUT2D eigenvalue weighted by Gasteiger charge is 2.38. The van der Waals surface area contributed by atoms with Gasteiger partial charge in [0.1, 0.15) is 12.4 Å². The molecule has 3 aromatic rings. The normalized spacial score (nSPS) is 14.6. The van der Waals surface area contributed by atoms with Crippen molar-refractivity contribution >= 4 is 17.5 Å². The van der Waals surface area contributed by atoms with Crippen LogP contribution >= 0.6 is 0 Å². The second-order valence-electron chi connectivity index (χ2n) is 6.24. The van der Waals surface area contributed by atoms with Crippen LogP contribution in [0.3, 0.4) is 0 Å². The van der Waals surface area contributed by atoms with E-state index in [0.29, 0.717) is 17.9 Å². The number of ether oxygens (including phenoxy) is 1. The number of rotatable bonds is 1. The number of halogens is 1. The van der Waals surface area contributed by atoms with Crippen LogP contribution in [0.1, 0.15) is 26.3 Å². The third-order valence-corrected chi connectivity index (χ3v) is 4.77. The van der Waals surface area contributed by atoms with Gasteiger partial charge in [-0.05, 0) is 29.3 Å². The predicted octanol–water partition coefficient (Wildman–Crippen LogP) is 4.19. The quantitative estimate of drug-likeness (QED) is 0.622. The van der Waals surface area contributed by atoms with Crippen LogP contribution in [0, 0.1) is 5.82 Å².